The monoisotopic (exact) mass is 320 g/mol. The Hall–Kier alpha value is -1.55. The van der Waals surface area contributed by atoms with Gasteiger partial charge in [0.25, 0.3) is 0 Å². The van der Waals surface area contributed by atoms with Crippen LogP contribution in [0.15, 0.2) is 54.6 Å². The first-order valence-electron chi connectivity index (χ1n) is 7.21. The lowest BCUT2D eigenvalue weighted by Gasteiger charge is -2.24. The maximum atomic E-state index is 9.30. The summed E-state index contributed by atoms with van der Waals surface area (Å²) in [6, 6.07) is 18.1. The van der Waals surface area contributed by atoms with Crippen molar-refractivity contribution in [2.45, 2.75) is 32.5 Å². The second kappa shape index (κ2) is 8.79. The molecule has 0 bridgehead atoms. The van der Waals surface area contributed by atoms with Crippen molar-refractivity contribution in [1.29, 1.82) is 0 Å². The van der Waals surface area contributed by atoms with E-state index in [4.69, 9.17) is 4.74 Å². The zero-order valence-corrected chi connectivity index (χ0v) is 13.8. The molecule has 0 saturated carbocycles. The molecule has 0 aliphatic rings. The van der Waals surface area contributed by atoms with Gasteiger partial charge in [0.05, 0.1) is 6.61 Å². The van der Waals surface area contributed by atoms with E-state index in [1.807, 2.05) is 56.3 Å². The number of benzene rings is 2. The van der Waals surface area contributed by atoms with Gasteiger partial charge in [-0.3, -0.25) is 0 Å². The van der Waals surface area contributed by atoms with Crippen LogP contribution in [0.2, 0.25) is 0 Å². The summed E-state index contributed by atoms with van der Waals surface area (Å²) in [4.78, 5) is 0. The van der Waals surface area contributed by atoms with Crippen LogP contribution in [-0.4, -0.2) is 17.3 Å². The Balaban J connectivity index is 0.00000242. The Bertz CT molecular complexity index is 558. The Kier molecular flexibility index (Phi) is 7.39. The summed E-state index contributed by atoms with van der Waals surface area (Å²) in [6.45, 7) is 5.26. The van der Waals surface area contributed by atoms with Crippen molar-refractivity contribution in [3.8, 4) is 5.75 Å². The average molecular weight is 321 g/mol. The maximum Gasteiger partial charge on any atom is 0.124 e. The number of nitrogens with one attached hydrogen (secondary N) is 1. The van der Waals surface area contributed by atoms with Gasteiger partial charge < -0.3 is 27.6 Å². The summed E-state index contributed by atoms with van der Waals surface area (Å²) in [5, 5.41) is 12.6. The smallest absolute Gasteiger partial charge is 0.124 e. The SMILES string of the molecule is CC(C)(CO)NCc1ccccc1OCc1ccccc1.[Cl-]. The lowest BCUT2D eigenvalue weighted by atomic mass is 10.1. The average Bonchev–Trinajstić information content (AvgIpc) is 2.53. The fourth-order valence-corrected chi connectivity index (χ4v) is 1.92. The van der Waals surface area contributed by atoms with E-state index in [0.29, 0.717) is 13.2 Å². The second-order valence-corrected chi connectivity index (χ2v) is 5.78. The van der Waals surface area contributed by atoms with Gasteiger partial charge in [0.15, 0.2) is 0 Å². The van der Waals surface area contributed by atoms with Gasteiger partial charge in [-0.1, -0.05) is 48.5 Å². The fourth-order valence-electron chi connectivity index (χ4n) is 1.92. The number of ether oxygens (including phenoxy) is 1. The number of halogens is 1. The van der Waals surface area contributed by atoms with Gasteiger partial charge in [-0.2, -0.15) is 0 Å². The van der Waals surface area contributed by atoms with Crippen molar-refractivity contribution in [2.75, 3.05) is 6.61 Å². The summed E-state index contributed by atoms with van der Waals surface area (Å²) in [7, 11) is 0. The van der Waals surface area contributed by atoms with Crippen molar-refractivity contribution in [3.63, 3.8) is 0 Å². The highest BCUT2D eigenvalue weighted by molar-refractivity contribution is 5.33. The fraction of sp³-hybridized carbons (Fsp3) is 0.333. The molecule has 2 aromatic rings. The molecule has 0 spiro atoms. The molecule has 0 radical (unpaired) electrons. The summed E-state index contributed by atoms with van der Waals surface area (Å²) >= 11 is 0. The van der Waals surface area contributed by atoms with Crippen LogP contribution in [0.5, 0.6) is 5.75 Å². The van der Waals surface area contributed by atoms with E-state index >= 15 is 0 Å². The zero-order valence-electron chi connectivity index (χ0n) is 13.1. The van der Waals surface area contributed by atoms with Crippen LogP contribution in [0.3, 0.4) is 0 Å². The standard InChI is InChI=1S/C18H23NO2.ClH/c1-18(2,14-20)19-12-16-10-6-7-11-17(16)21-13-15-8-4-3-5-9-15;/h3-11,19-20H,12-14H2,1-2H3;1H/p-1. The van der Waals surface area contributed by atoms with Crippen LogP contribution in [0.1, 0.15) is 25.0 Å². The molecule has 0 fully saturated rings. The Morgan fingerprint density at radius 3 is 2.32 bits per heavy atom. The van der Waals surface area contributed by atoms with Gasteiger partial charge >= 0.3 is 0 Å². The lowest BCUT2D eigenvalue weighted by Crippen LogP contribution is -3.00. The van der Waals surface area contributed by atoms with Crippen LogP contribution >= 0.6 is 0 Å². The highest BCUT2D eigenvalue weighted by atomic mass is 35.5. The molecule has 0 saturated heterocycles. The molecule has 0 aliphatic heterocycles. The van der Waals surface area contributed by atoms with E-state index in [0.717, 1.165) is 16.9 Å². The number of aliphatic hydroxyl groups is 1. The third kappa shape index (κ3) is 5.68. The van der Waals surface area contributed by atoms with E-state index in [-0.39, 0.29) is 24.6 Å². The Morgan fingerprint density at radius 1 is 1.00 bits per heavy atom. The first kappa shape index (κ1) is 18.5. The number of para-hydroxylation sites is 1. The predicted octanol–water partition coefficient (Wildman–Crippen LogP) is 0.130. The minimum atomic E-state index is -0.299. The van der Waals surface area contributed by atoms with Crippen molar-refractivity contribution in [1.82, 2.24) is 5.32 Å². The van der Waals surface area contributed by atoms with Crippen molar-refractivity contribution in [2.24, 2.45) is 0 Å². The van der Waals surface area contributed by atoms with Gasteiger partial charge in [0.2, 0.25) is 0 Å². The molecule has 2 N–H and O–H groups in total. The summed E-state index contributed by atoms with van der Waals surface area (Å²) in [5.41, 5.74) is 1.94. The third-order valence-electron chi connectivity index (χ3n) is 3.36. The van der Waals surface area contributed by atoms with E-state index < -0.39 is 0 Å². The van der Waals surface area contributed by atoms with Crippen molar-refractivity contribution < 1.29 is 22.3 Å². The predicted molar refractivity (Wildman–Crippen MR) is 85.2 cm³/mol. The normalized spacial score (nSPS) is 10.9. The van der Waals surface area contributed by atoms with E-state index in [2.05, 4.69) is 17.4 Å². The van der Waals surface area contributed by atoms with Crippen LogP contribution in [0, 0.1) is 0 Å². The molecular weight excluding hydrogens is 298 g/mol. The van der Waals surface area contributed by atoms with Crippen LogP contribution in [-0.2, 0) is 13.2 Å². The quantitative estimate of drug-likeness (QED) is 0.762. The minimum Gasteiger partial charge on any atom is -1.00 e. The maximum absolute atomic E-state index is 9.30. The molecule has 4 heteroatoms. The first-order valence-corrected chi connectivity index (χ1v) is 7.21. The lowest BCUT2D eigenvalue weighted by molar-refractivity contribution is -0.00000568. The van der Waals surface area contributed by atoms with Gasteiger partial charge in [0, 0.05) is 17.6 Å². The highest BCUT2D eigenvalue weighted by Crippen LogP contribution is 2.20. The molecule has 0 heterocycles. The molecule has 2 rings (SSSR count). The molecule has 0 aromatic heterocycles. The molecule has 120 valence electrons. The first-order chi connectivity index (χ1) is 10.1. The van der Waals surface area contributed by atoms with E-state index in [1.165, 1.54) is 0 Å². The second-order valence-electron chi connectivity index (χ2n) is 5.78. The molecule has 0 unspecified atom stereocenters. The molecule has 2 aromatic carbocycles. The molecule has 0 amide bonds. The minimum absolute atomic E-state index is 0. The van der Waals surface area contributed by atoms with E-state index in [9.17, 15) is 5.11 Å². The molecule has 0 atom stereocenters. The number of aliphatic hydroxyl groups excluding tert-OH is 1. The molecule has 3 nitrogen and oxygen atoms in total. The summed E-state index contributed by atoms with van der Waals surface area (Å²) in [6.07, 6.45) is 0. The molecular formula is C18H23ClNO2-. The van der Waals surface area contributed by atoms with Gasteiger partial charge in [0.1, 0.15) is 12.4 Å². The third-order valence-corrected chi connectivity index (χ3v) is 3.36. The Labute approximate surface area is 138 Å². The van der Waals surface area contributed by atoms with Gasteiger partial charge in [-0.05, 0) is 25.5 Å². The van der Waals surface area contributed by atoms with Gasteiger partial charge in [-0.25, -0.2) is 0 Å². The van der Waals surface area contributed by atoms with Crippen molar-refractivity contribution >= 4 is 0 Å². The number of hydrogen-bond acceptors (Lipinski definition) is 3. The highest BCUT2D eigenvalue weighted by Gasteiger charge is 2.15. The van der Waals surface area contributed by atoms with Crippen LogP contribution in [0.4, 0.5) is 0 Å². The summed E-state index contributed by atoms with van der Waals surface area (Å²) in [5.74, 6) is 0.877. The largest absolute Gasteiger partial charge is 1.00 e. The zero-order chi connectivity index (χ0) is 15.1. The van der Waals surface area contributed by atoms with E-state index in [1.54, 1.807) is 0 Å². The van der Waals surface area contributed by atoms with Gasteiger partial charge in [-0.15, -0.1) is 0 Å². The molecule has 0 aliphatic carbocycles. The Morgan fingerprint density at radius 2 is 1.64 bits per heavy atom. The van der Waals surface area contributed by atoms with Crippen LogP contribution in [0.25, 0.3) is 0 Å². The number of hydrogen-bond donors (Lipinski definition) is 2. The topological polar surface area (TPSA) is 41.5 Å². The van der Waals surface area contributed by atoms with Crippen molar-refractivity contribution in [3.05, 3.63) is 65.7 Å². The number of rotatable bonds is 7. The van der Waals surface area contributed by atoms with Crippen LogP contribution < -0.4 is 22.5 Å². The molecule has 22 heavy (non-hydrogen) atoms. The summed E-state index contributed by atoms with van der Waals surface area (Å²) < 4.78 is 5.92.